The van der Waals surface area contributed by atoms with Crippen molar-refractivity contribution in [2.24, 2.45) is 0 Å². The van der Waals surface area contributed by atoms with E-state index in [-0.39, 0.29) is 12.6 Å². The van der Waals surface area contributed by atoms with Gasteiger partial charge in [-0.3, -0.25) is 0 Å². The number of aliphatic hydroxyl groups is 1. The second-order valence-corrected chi connectivity index (χ2v) is 2.84. The summed E-state index contributed by atoms with van der Waals surface area (Å²) in [6, 6.07) is 5.31. The molecule has 13 heavy (non-hydrogen) atoms. The third-order valence-electron chi connectivity index (χ3n) is 1.67. The first-order chi connectivity index (χ1) is 6.26. The number of hydrogen-bond donors (Lipinski definition) is 2. The molecule has 0 fully saturated rings. The molecule has 70 valence electrons. The molecular weight excluding hydrogens is 168 g/mol. The second-order valence-electron chi connectivity index (χ2n) is 2.84. The van der Waals surface area contributed by atoms with Gasteiger partial charge >= 0.3 is 0 Å². The number of nitriles is 1. The molecule has 4 nitrogen and oxygen atoms in total. The molecule has 0 saturated heterocycles. The van der Waals surface area contributed by atoms with Gasteiger partial charge in [0.2, 0.25) is 5.76 Å². The van der Waals surface area contributed by atoms with Crippen LogP contribution in [-0.2, 0) is 6.54 Å². The van der Waals surface area contributed by atoms with E-state index >= 15 is 0 Å². The molecule has 2 N–H and O–H groups in total. The SMILES string of the molecule is C[C@H](CO)NCc1ccc(C#N)o1. The highest BCUT2D eigenvalue weighted by Gasteiger charge is 2.02. The third-order valence-corrected chi connectivity index (χ3v) is 1.67. The Morgan fingerprint density at radius 2 is 2.46 bits per heavy atom. The molecule has 0 aliphatic carbocycles. The highest BCUT2D eigenvalue weighted by Crippen LogP contribution is 2.05. The van der Waals surface area contributed by atoms with Gasteiger partial charge in [0, 0.05) is 6.04 Å². The summed E-state index contributed by atoms with van der Waals surface area (Å²) in [4.78, 5) is 0. The first kappa shape index (κ1) is 9.78. The molecule has 0 aliphatic heterocycles. The molecule has 0 unspecified atom stereocenters. The fourth-order valence-electron chi connectivity index (χ4n) is 0.872. The van der Waals surface area contributed by atoms with Crippen molar-refractivity contribution >= 4 is 0 Å². The van der Waals surface area contributed by atoms with Crippen LogP contribution >= 0.6 is 0 Å². The highest BCUT2D eigenvalue weighted by molar-refractivity contribution is 5.18. The predicted octanol–water partition coefficient (Wildman–Crippen LogP) is 0.622. The van der Waals surface area contributed by atoms with Crippen molar-refractivity contribution in [1.82, 2.24) is 5.32 Å². The molecular formula is C9H12N2O2. The number of nitrogens with zero attached hydrogens (tertiary/aromatic N) is 1. The summed E-state index contributed by atoms with van der Waals surface area (Å²) >= 11 is 0. The van der Waals surface area contributed by atoms with E-state index in [4.69, 9.17) is 14.8 Å². The molecule has 1 heterocycles. The van der Waals surface area contributed by atoms with Gasteiger partial charge in [0.25, 0.3) is 0 Å². The Labute approximate surface area is 76.8 Å². The number of hydrogen-bond acceptors (Lipinski definition) is 4. The Morgan fingerprint density at radius 1 is 1.69 bits per heavy atom. The van der Waals surface area contributed by atoms with Crippen LogP contribution in [0.5, 0.6) is 0 Å². The predicted molar refractivity (Wildman–Crippen MR) is 46.8 cm³/mol. The van der Waals surface area contributed by atoms with E-state index in [9.17, 15) is 0 Å². The minimum absolute atomic E-state index is 0.0376. The lowest BCUT2D eigenvalue weighted by Gasteiger charge is -2.07. The Hall–Kier alpha value is -1.31. The second kappa shape index (κ2) is 4.65. The summed E-state index contributed by atoms with van der Waals surface area (Å²) in [5.74, 6) is 1.02. The average Bonchev–Trinajstić information content (AvgIpc) is 2.61. The number of nitrogens with one attached hydrogen (secondary N) is 1. The van der Waals surface area contributed by atoms with Crippen molar-refractivity contribution in [3.8, 4) is 6.07 Å². The topological polar surface area (TPSA) is 69.2 Å². The molecule has 4 heteroatoms. The van der Waals surface area contributed by atoms with Gasteiger partial charge in [-0.1, -0.05) is 0 Å². The van der Waals surface area contributed by atoms with E-state index < -0.39 is 0 Å². The van der Waals surface area contributed by atoms with Crippen molar-refractivity contribution < 1.29 is 9.52 Å². The van der Waals surface area contributed by atoms with Crippen LogP contribution in [0.15, 0.2) is 16.5 Å². The molecule has 0 aliphatic rings. The molecule has 0 bridgehead atoms. The minimum Gasteiger partial charge on any atom is -0.449 e. The summed E-state index contributed by atoms with van der Waals surface area (Å²) in [5.41, 5.74) is 0. The zero-order chi connectivity index (χ0) is 9.68. The van der Waals surface area contributed by atoms with Gasteiger partial charge in [0.05, 0.1) is 13.2 Å². The number of furan rings is 1. The summed E-state index contributed by atoms with van der Waals surface area (Å²) in [6.07, 6.45) is 0. The quantitative estimate of drug-likeness (QED) is 0.712. The van der Waals surface area contributed by atoms with E-state index in [1.807, 2.05) is 13.0 Å². The summed E-state index contributed by atoms with van der Waals surface area (Å²) in [6.45, 7) is 2.49. The van der Waals surface area contributed by atoms with Gasteiger partial charge in [0.15, 0.2) is 0 Å². The first-order valence-electron chi connectivity index (χ1n) is 4.09. The maximum atomic E-state index is 8.72. The fourth-order valence-corrected chi connectivity index (χ4v) is 0.872. The number of rotatable bonds is 4. The van der Waals surface area contributed by atoms with Crippen LogP contribution in [0.2, 0.25) is 0 Å². The summed E-state index contributed by atoms with van der Waals surface area (Å²) in [5, 5.41) is 20.2. The molecule has 1 rings (SSSR count). The van der Waals surface area contributed by atoms with Crippen LogP contribution < -0.4 is 5.32 Å². The fraction of sp³-hybridized carbons (Fsp3) is 0.444. The minimum atomic E-state index is 0.0376. The zero-order valence-electron chi connectivity index (χ0n) is 7.45. The lowest BCUT2D eigenvalue weighted by molar-refractivity contribution is 0.248. The third kappa shape index (κ3) is 2.90. The van der Waals surface area contributed by atoms with Gasteiger partial charge in [-0.05, 0) is 19.1 Å². The van der Waals surface area contributed by atoms with Crippen molar-refractivity contribution in [2.75, 3.05) is 6.61 Å². The monoisotopic (exact) mass is 180 g/mol. The summed E-state index contributed by atoms with van der Waals surface area (Å²) < 4.78 is 5.12. The van der Waals surface area contributed by atoms with Crippen LogP contribution in [0, 0.1) is 11.3 Å². The van der Waals surface area contributed by atoms with E-state index in [2.05, 4.69) is 5.32 Å². The van der Waals surface area contributed by atoms with Gasteiger partial charge in [-0.2, -0.15) is 5.26 Å². The van der Waals surface area contributed by atoms with E-state index in [0.717, 1.165) is 0 Å². The van der Waals surface area contributed by atoms with Crippen LogP contribution in [0.3, 0.4) is 0 Å². The van der Waals surface area contributed by atoms with E-state index in [0.29, 0.717) is 18.1 Å². The molecule has 0 radical (unpaired) electrons. The van der Waals surface area contributed by atoms with Crippen molar-refractivity contribution in [1.29, 1.82) is 5.26 Å². The molecule has 1 aromatic heterocycles. The maximum absolute atomic E-state index is 8.72. The molecule has 0 amide bonds. The Balaban J connectivity index is 2.42. The van der Waals surface area contributed by atoms with E-state index in [1.165, 1.54) is 0 Å². The van der Waals surface area contributed by atoms with Crippen LogP contribution in [-0.4, -0.2) is 17.8 Å². The number of aliphatic hydroxyl groups excluding tert-OH is 1. The molecule has 1 atom stereocenters. The molecule has 0 aromatic carbocycles. The van der Waals surface area contributed by atoms with Crippen LogP contribution in [0.1, 0.15) is 18.4 Å². The molecule has 1 aromatic rings. The van der Waals surface area contributed by atoms with Gasteiger partial charge in [-0.25, -0.2) is 0 Å². The van der Waals surface area contributed by atoms with Gasteiger partial charge < -0.3 is 14.8 Å². The smallest absolute Gasteiger partial charge is 0.203 e. The van der Waals surface area contributed by atoms with E-state index in [1.54, 1.807) is 12.1 Å². The Morgan fingerprint density at radius 3 is 3.00 bits per heavy atom. The van der Waals surface area contributed by atoms with Crippen molar-refractivity contribution in [3.63, 3.8) is 0 Å². The largest absolute Gasteiger partial charge is 0.449 e. The molecule has 0 spiro atoms. The van der Waals surface area contributed by atoms with Gasteiger partial charge in [0.1, 0.15) is 11.8 Å². The zero-order valence-corrected chi connectivity index (χ0v) is 7.45. The van der Waals surface area contributed by atoms with Crippen molar-refractivity contribution in [3.05, 3.63) is 23.7 Å². The average molecular weight is 180 g/mol. The first-order valence-corrected chi connectivity index (χ1v) is 4.09. The normalized spacial score (nSPS) is 12.4. The summed E-state index contributed by atoms with van der Waals surface area (Å²) in [7, 11) is 0. The Bertz CT molecular complexity index is 301. The Kier molecular flexibility index (Phi) is 3.50. The maximum Gasteiger partial charge on any atom is 0.203 e. The van der Waals surface area contributed by atoms with Crippen LogP contribution in [0.25, 0.3) is 0 Å². The lowest BCUT2D eigenvalue weighted by Crippen LogP contribution is -2.28. The highest BCUT2D eigenvalue weighted by atomic mass is 16.3. The lowest BCUT2D eigenvalue weighted by atomic mass is 10.3. The van der Waals surface area contributed by atoms with Gasteiger partial charge in [-0.15, -0.1) is 0 Å². The standard InChI is InChI=1S/C9H12N2O2/c1-7(6-12)11-5-9-3-2-8(4-10)13-9/h2-3,7,11-12H,5-6H2,1H3/t7-/m1/s1. The van der Waals surface area contributed by atoms with Crippen LogP contribution in [0.4, 0.5) is 0 Å². The van der Waals surface area contributed by atoms with Crippen molar-refractivity contribution in [2.45, 2.75) is 19.5 Å². The molecule has 0 saturated carbocycles.